The van der Waals surface area contributed by atoms with Crippen LogP contribution in [0.15, 0.2) is 53.0 Å². The van der Waals surface area contributed by atoms with Crippen LogP contribution in [0.2, 0.25) is 0 Å². The average Bonchev–Trinajstić information content (AvgIpc) is 2.53. The molecule has 1 unspecified atom stereocenters. The standard InChI is InChI=1S/C17H16BrNO2/c18-15-7-3-1-6-13(15)10-19-17(20)14-9-12-5-2-4-8-16(12)21-11-14/h1-8,14H,9-11H2,(H,19,20). The fraction of sp³-hybridized carbons (Fsp3) is 0.235. The molecule has 4 heteroatoms. The number of carbonyl (C=O) groups is 1. The highest BCUT2D eigenvalue weighted by atomic mass is 79.9. The number of nitrogens with one attached hydrogen (secondary N) is 1. The van der Waals surface area contributed by atoms with Gasteiger partial charge in [-0.2, -0.15) is 0 Å². The SMILES string of the molecule is O=C(NCc1ccccc1Br)C1COc2ccccc2C1. The molecule has 3 nitrogen and oxygen atoms in total. The van der Waals surface area contributed by atoms with Crippen molar-refractivity contribution in [3.05, 3.63) is 64.1 Å². The lowest BCUT2D eigenvalue weighted by Crippen LogP contribution is -2.37. The molecule has 108 valence electrons. The van der Waals surface area contributed by atoms with Crippen molar-refractivity contribution in [1.29, 1.82) is 0 Å². The molecule has 0 saturated heterocycles. The number of carbonyl (C=O) groups excluding carboxylic acids is 1. The Hall–Kier alpha value is -1.81. The maximum Gasteiger partial charge on any atom is 0.227 e. The van der Waals surface area contributed by atoms with Gasteiger partial charge in [0.15, 0.2) is 0 Å². The molecule has 1 heterocycles. The van der Waals surface area contributed by atoms with E-state index in [9.17, 15) is 4.79 Å². The van der Waals surface area contributed by atoms with E-state index in [1.807, 2.05) is 48.5 Å². The summed E-state index contributed by atoms with van der Waals surface area (Å²) in [5.41, 5.74) is 2.17. The minimum Gasteiger partial charge on any atom is -0.492 e. The van der Waals surface area contributed by atoms with Crippen molar-refractivity contribution < 1.29 is 9.53 Å². The van der Waals surface area contributed by atoms with Crippen LogP contribution in [-0.4, -0.2) is 12.5 Å². The van der Waals surface area contributed by atoms with Gasteiger partial charge in [0.25, 0.3) is 0 Å². The lowest BCUT2D eigenvalue weighted by Gasteiger charge is -2.24. The first-order chi connectivity index (χ1) is 10.2. The van der Waals surface area contributed by atoms with Crippen LogP contribution in [0.25, 0.3) is 0 Å². The van der Waals surface area contributed by atoms with Crippen molar-refractivity contribution in [2.45, 2.75) is 13.0 Å². The Labute approximate surface area is 132 Å². The molecular formula is C17H16BrNO2. The van der Waals surface area contributed by atoms with Crippen LogP contribution in [0, 0.1) is 5.92 Å². The quantitative estimate of drug-likeness (QED) is 0.926. The fourth-order valence-electron chi connectivity index (χ4n) is 2.46. The maximum absolute atomic E-state index is 12.3. The van der Waals surface area contributed by atoms with Crippen LogP contribution in [0.5, 0.6) is 5.75 Å². The second-order valence-electron chi connectivity index (χ2n) is 5.13. The molecule has 21 heavy (non-hydrogen) atoms. The largest absolute Gasteiger partial charge is 0.492 e. The summed E-state index contributed by atoms with van der Waals surface area (Å²) in [5, 5.41) is 2.99. The molecule has 1 N–H and O–H groups in total. The molecule has 0 aliphatic carbocycles. The number of hydrogen-bond acceptors (Lipinski definition) is 2. The highest BCUT2D eigenvalue weighted by Crippen LogP contribution is 2.27. The molecule has 1 aliphatic rings. The third-order valence-corrected chi connectivity index (χ3v) is 4.43. The number of halogens is 1. The Morgan fingerprint density at radius 1 is 1.19 bits per heavy atom. The molecule has 2 aromatic rings. The second kappa shape index (κ2) is 6.31. The minimum absolute atomic E-state index is 0.0419. The van der Waals surface area contributed by atoms with E-state index in [1.54, 1.807) is 0 Å². The first kappa shape index (κ1) is 14.1. The number of benzene rings is 2. The van der Waals surface area contributed by atoms with Gasteiger partial charge in [0.2, 0.25) is 5.91 Å². The summed E-state index contributed by atoms with van der Waals surface area (Å²) in [6.45, 7) is 0.969. The monoisotopic (exact) mass is 345 g/mol. The van der Waals surface area contributed by atoms with Crippen LogP contribution in [0.4, 0.5) is 0 Å². The van der Waals surface area contributed by atoms with Gasteiger partial charge >= 0.3 is 0 Å². The minimum atomic E-state index is -0.123. The van der Waals surface area contributed by atoms with Gasteiger partial charge in [0, 0.05) is 11.0 Å². The van der Waals surface area contributed by atoms with Crippen LogP contribution in [0.1, 0.15) is 11.1 Å². The van der Waals surface area contributed by atoms with Gasteiger partial charge in [-0.05, 0) is 29.7 Å². The molecular weight excluding hydrogens is 330 g/mol. The zero-order valence-corrected chi connectivity index (χ0v) is 13.1. The Morgan fingerprint density at radius 3 is 2.81 bits per heavy atom. The Bertz CT molecular complexity index is 657. The molecule has 0 fully saturated rings. The van der Waals surface area contributed by atoms with E-state index in [0.717, 1.165) is 27.8 Å². The van der Waals surface area contributed by atoms with Crippen molar-refractivity contribution in [1.82, 2.24) is 5.32 Å². The van der Waals surface area contributed by atoms with Gasteiger partial charge in [-0.3, -0.25) is 4.79 Å². The summed E-state index contributed by atoms with van der Waals surface area (Å²) in [6, 6.07) is 15.8. The zero-order valence-electron chi connectivity index (χ0n) is 11.5. The summed E-state index contributed by atoms with van der Waals surface area (Å²) < 4.78 is 6.67. The summed E-state index contributed by atoms with van der Waals surface area (Å²) in [7, 11) is 0. The predicted molar refractivity (Wildman–Crippen MR) is 85.1 cm³/mol. The molecule has 1 atom stereocenters. The first-order valence-corrected chi connectivity index (χ1v) is 7.75. The molecule has 3 rings (SSSR count). The lowest BCUT2D eigenvalue weighted by atomic mass is 9.96. The molecule has 0 aromatic heterocycles. The van der Waals surface area contributed by atoms with Crippen molar-refractivity contribution in [2.75, 3.05) is 6.61 Å². The van der Waals surface area contributed by atoms with Gasteiger partial charge < -0.3 is 10.1 Å². The molecule has 0 spiro atoms. The number of amides is 1. The maximum atomic E-state index is 12.3. The molecule has 1 amide bonds. The molecule has 0 radical (unpaired) electrons. The van der Waals surface area contributed by atoms with E-state index in [2.05, 4.69) is 21.2 Å². The highest BCUT2D eigenvalue weighted by molar-refractivity contribution is 9.10. The average molecular weight is 346 g/mol. The Morgan fingerprint density at radius 2 is 1.95 bits per heavy atom. The predicted octanol–water partition coefficient (Wildman–Crippen LogP) is 3.32. The van der Waals surface area contributed by atoms with Crippen LogP contribution in [0.3, 0.4) is 0 Å². The number of para-hydroxylation sites is 1. The van der Waals surface area contributed by atoms with Crippen molar-refractivity contribution in [3.8, 4) is 5.75 Å². The first-order valence-electron chi connectivity index (χ1n) is 6.96. The fourth-order valence-corrected chi connectivity index (χ4v) is 2.89. The van der Waals surface area contributed by atoms with Gasteiger partial charge in [-0.1, -0.05) is 52.3 Å². The normalized spacial score (nSPS) is 16.7. The van der Waals surface area contributed by atoms with Gasteiger partial charge in [0.05, 0.1) is 5.92 Å². The Balaban J connectivity index is 1.61. The van der Waals surface area contributed by atoms with Gasteiger partial charge in [0.1, 0.15) is 12.4 Å². The van der Waals surface area contributed by atoms with Gasteiger partial charge in [-0.15, -0.1) is 0 Å². The van der Waals surface area contributed by atoms with E-state index in [-0.39, 0.29) is 11.8 Å². The number of ether oxygens (including phenoxy) is 1. The molecule has 0 saturated carbocycles. The van der Waals surface area contributed by atoms with E-state index < -0.39 is 0 Å². The highest BCUT2D eigenvalue weighted by Gasteiger charge is 2.25. The third-order valence-electron chi connectivity index (χ3n) is 3.66. The molecule has 0 bridgehead atoms. The zero-order chi connectivity index (χ0) is 14.7. The van der Waals surface area contributed by atoms with Crippen molar-refractivity contribution >= 4 is 21.8 Å². The summed E-state index contributed by atoms with van der Waals surface area (Å²) in [4.78, 5) is 12.3. The van der Waals surface area contributed by atoms with Gasteiger partial charge in [-0.25, -0.2) is 0 Å². The molecule has 1 aliphatic heterocycles. The van der Waals surface area contributed by atoms with Crippen LogP contribution < -0.4 is 10.1 Å². The Kier molecular flexibility index (Phi) is 4.25. The van der Waals surface area contributed by atoms with Crippen molar-refractivity contribution in [3.63, 3.8) is 0 Å². The summed E-state index contributed by atoms with van der Waals surface area (Å²) in [6.07, 6.45) is 0.734. The van der Waals surface area contributed by atoms with Crippen LogP contribution >= 0.6 is 15.9 Å². The summed E-state index contributed by atoms with van der Waals surface area (Å²) in [5.74, 6) is 0.815. The topological polar surface area (TPSA) is 38.3 Å². The smallest absolute Gasteiger partial charge is 0.227 e. The van der Waals surface area contributed by atoms with Crippen molar-refractivity contribution in [2.24, 2.45) is 5.92 Å². The second-order valence-corrected chi connectivity index (χ2v) is 5.98. The van der Waals surface area contributed by atoms with E-state index in [1.165, 1.54) is 0 Å². The third kappa shape index (κ3) is 3.27. The lowest BCUT2D eigenvalue weighted by molar-refractivity contribution is -0.126. The number of rotatable bonds is 3. The number of hydrogen-bond donors (Lipinski definition) is 1. The van der Waals surface area contributed by atoms with E-state index in [0.29, 0.717) is 13.2 Å². The van der Waals surface area contributed by atoms with Crippen LogP contribution in [-0.2, 0) is 17.8 Å². The molecule has 2 aromatic carbocycles. The summed E-state index contributed by atoms with van der Waals surface area (Å²) >= 11 is 3.49. The van der Waals surface area contributed by atoms with E-state index >= 15 is 0 Å². The number of fused-ring (bicyclic) bond motifs is 1. The van der Waals surface area contributed by atoms with E-state index in [4.69, 9.17) is 4.74 Å².